The van der Waals surface area contributed by atoms with Crippen molar-refractivity contribution in [3.05, 3.63) is 58.3 Å². The zero-order valence-corrected chi connectivity index (χ0v) is 19.8. The summed E-state index contributed by atoms with van der Waals surface area (Å²) in [4.78, 5) is 21.7. The highest BCUT2D eigenvalue weighted by molar-refractivity contribution is 6.13. The van der Waals surface area contributed by atoms with E-state index >= 15 is 0 Å². The number of aliphatic imine (C=N–C) groups is 2. The zero-order chi connectivity index (χ0) is 23.8. The topological polar surface area (TPSA) is 121 Å². The van der Waals surface area contributed by atoms with Crippen LogP contribution < -0.4 is 5.73 Å². The summed E-state index contributed by atoms with van der Waals surface area (Å²) in [7, 11) is 1.97. The fraction of sp³-hybridized carbons (Fsp3) is 0.542. The van der Waals surface area contributed by atoms with Crippen molar-refractivity contribution in [3.63, 3.8) is 0 Å². The third-order valence-corrected chi connectivity index (χ3v) is 6.25. The SMILES string of the molecule is CC/C=C1/C(c2cnn([C@@H]3CCCC[C@H]3C)c2)=NC(C(C=NC(CO)CN=O)=CN)=CN1C. The second kappa shape index (κ2) is 11.7. The molecule has 0 aromatic carbocycles. The average molecular weight is 454 g/mol. The lowest BCUT2D eigenvalue weighted by atomic mass is 9.86. The Morgan fingerprint density at radius 1 is 1.39 bits per heavy atom. The first-order valence-corrected chi connectivity index (χ1v) is 11.7. The number of allylic oxidation sites excluding steroid dienone is 3. The number of likely N-dealkylation sites (N-methyl/N-ethyl adjacent to an activating group) is 1. The van der Waals surface area contributed by atoms with E-state index in [-0.39, 0.29) is 13.2 Å². The van der Waals surface area contributed by atoms with E-state index in [0.29, 0.717) is 23.2 Å². The summed E-state index contributed by atoms with van der Waals surface area (Å²) in [6.45, 7) is 4.03. The van der Waals surface area contributed by atoms with Crippen LogP contribution in [0.2, 0.25) is 0 Å². The quantitative estimate of drug-likeness (QED) is 0.437. The summed E-state index contributed by atoms with van der Waals surface area (Å²) in [6, 6.07) is -0.189. The smallest absolute Gasteiger partial charge is 0.106 e. The van der Waals surface area contributed by atoms with Gasteiger partial charge in [0.1, 0.15) is 6.54 Å². The average Bonchev–Trinajstić information content (AvgIpc) is 3.30. The predicted octanol–water partition coefficient (Wildman–Crippen LogP) is 3.54. The van der Waals surface area contributed by atoms with Crippen LogP contribution in [0.4, 0.5) is 0 Å². The van der Waals surface area contributed by atoms with Crippen LogP contribution in [0.25, 0.3) is 0 Å². The molecule has 3 atom stereocenters. The van der Waals surface area contributed by atoms with Gasteiger partial charge in [0.25, 0.3) is 0 Å². The van der Waals surface area contributed by atoms with Crippen LogP contribution in [0.15, 0.2) is 63.0 Å². The van der Waals surface area contributed by atoms with Crippen LogP contribution in [-0.2, 0) is 0 Å². The van der Waals surface area contributed by atoms with Gasteiger partial charge in [-0.3, -0.25) is 9.67 Å². The van der Waals surface area contributed by atoms with E-state index in [1.807, 2.05) is 24.3 Å². The van der Waals surface area contributed by atoms with E-state index in [0.717, 1.165) is 29.8 Å². The molecule has 9 nitrogen and oxygen atoms in total. The van der Waals surface area contributed by atoms with Gasteiger partial charge in [-0.15, -0.1) is 0 Å². The summed E-state index contributed by atoms with van der Waals surface area (Å²) in [6.07, 6.45) is 16.8. The van der Waals surface area contributed by atoms with Gasteiger partial charge in [0.2, 0.25) is 0 Å². The van der Waals surface area contributed by atoms with E-state index in [1.54, 1.807) is 0 Å². The molecular weight excluding hydrogens is 418 g/mol. The van der Waals surface area contributed by atoms with Crippen molar-refractivity contribution in [1.29, 1.82) is 0 Å². The van der Waals surface area contributed by atoms with Crippen LogP contribution in [0.3, 0.4) is 0 Å². The van der Waals surface area contributed by atoms with Crippen molar-refractivity contribution in [2.24, 2.45) is 26.8 Å². The van der Waals surface area contributed by atoms with Gasteiger partial charge in [0.05, 0.1) is 42.0 Å². The van der Waals surface area contributed by atoms with Gasteiger partial charge in [0.15, 0.2) is 0 Å². The number of aliphatic hydroxyl groups excluding tert-OH is 1. The summed E-state index contributed by atoms with van der Waals surface area (Å²) in [5.41, 5.74) is 9.90. The predicted molar refractivity (Wildman–Crippen MR) is 132 cm³/mol. The number of aliphatic hydroxyl groups is 1. The summed E-state index contributed by atoms with van der Waals surface area (Å²) >= 11 is 0. The van der Waals surface area contributed by atoms with Crippen molar-refractivity contribution >= 4 is 11.9 Å². The van der Waals surface area contributed by atoms with Crippen LogP contribution in [0.5, 0.6) is 0 Å². The minimum Gasteiger partial charge on any atom is -0.404 e. The molecule has 3 N–H and O–H groups in total. The number of nitrogens with two attached hydrogens (primary N) is 1. The number of hydrogen-bond donors (Lipinski definition) is 2. The minimum atomic E-state index is -0.603. The first kappa shape index (κ1) is 24.6. The highest BCUT2D eigenvalue weighted by Gasteiger charge is 2.26. The monoisotopic (exact) mass is 453 g/mol. The van der Waals surface area contributed by atoms with Gasteiger partial charge in [-0.25, -0.2) is 4.99 Å². The van der Waals surface area contributed by atoms with Crippen molar-refractivity contribution < 1.29 is 5.11 Å². The molecule has 1 unspecified atom stereocenters. The Morgan fingerprint density at radius 2 is 2.18 bits per heavy atom. The molecule has 9 heteroatoms. The Hall–Kier alpha value is -3.07. The van der Waals surface area contributed by atoms with Crippen LogP contribution in [0, 0.1) is 10.8 Å². The molecule has 1 saturated carbocycles. The maximum atomic E-state index is 10.5. The van der Waals surface area contributed by atoms with Crippen molar-refractivity contribution in [1.82, 2.24) is 14.7 Å². The molecule has 2 heterocycles. The fourth-order valence-electron chi connectivity index (χ4n) is 4.36. The van der Waals surface area contributed by atoms with Crippen LogP contribution >= 0.6 is 0 Å². The Balaban J connectivity index is 1.94. The van der Waals surface area contributed by atoms with Gasteiger partial charge in [-0.1, -0.05) is 37.9 Å². The second-order valence-electron chi connectivity index (χ2n) is 8.67. The Bertz CT molecular complexity index is 973. The highest BCUT2D eigenvalue weighted by Crippen LogP contribution is 2.33. The van der Waals surface area contributed by atoms with Crippen molar-refractivity contribution in [2.75, 3.05) is 20.2 Å². The third-order valence-electron chi connectivity index (χ3n) is 6.25. The molecule has 0 amide bonds. The van der Waals surface area contributed by atoms with Gasteiger partial charge in [-0.2, -0.15) is 10.0 Å². The van der Waals surface area contributed by atoms with E-state index in [2.05, 4.69) is 41.0 Å². The second-order valence-corrected chi connectivity index (χ2v) is 8.67. The largest absolute Gasteiger partial charge is 0.404 e. The maximum absolute atomic E-state index is 10.5. The molecule has 3 rings (SSSR count). The van der Waals surface area contributed by atoms with Crippen molar-refractivity contribution in [2.45, 2.75) is 58.0 Å². The Labute approximate surface area is 195 Å². The van der Waals surface area contributed by atoms with E-state index in [4.69, 9.17) is 15.8 Å². The van der Waals surface area contributed by atoms with Crippen LogP contribution in [-0.4, -0.2) is 58.0 Å². The minimum absolute atomic E-state index is 0.0967. The van der Waals surface area contributed by atoms with Gasteiger partial charge < -0.3 is 15.7 Å². The highest BCUT2D eigenvalue weighted by atomic mass is 16.3. The van der Waals surface area contributed by atoms with E-state index in [9.17, 15) is 10.0 Å². The van der Waals surface area contributed by atoms with E-state index in [1.165, 1.54) is 31.7 Å². The van der Waals surface area contributed by atoms with Crippen LogP contribution in [0.1, 0.15) is 57.6 Å². The summed E-state index contributed by atoms with van der Waals surface area (Å²) in [5, 5.41) is 16.9. The molecule has 33 heavy (non-hydrogen) atoms. The van der Waals surface area contributed by atoms with Gasteiger partial charge in [-0.05, 0) is 25.2 Å². The summed E-state index contributed by atoms with van der Waals surface area (Å²) in [5.74, 6) is 0.604. The molecule has 1 aliphatic heterocycles. The fourth-order valence-corrected chi connectivity index (χ4v) is 4.36. The molecule has 0 spiro atoms. The first-order valence-electron chi connectivity index (χ1n) is 11.7. The lowest BCUT2D eigenvalue weighted by Crippen LogP contribution is -2.25. The standard InChI is InChI=1S/C24H35N7O2/c1-4-7-23-24(19-12-27-31(14-19)22-9-6-5-8-17(22)2)29-21(15-30(23)3)18(10-25)11-26-20(16-32)13-28-33/h7,10-12,14-15,17,20,22,32H,4-6,8-9,13,16,25H2,1-3H3/b18-10?,23-7-,26-11?/t17-,20?,22-/m1/s1. The van der Waals surface area contributed by atoms with Crippen molar-refractivity contribution in [3.8, 4) is 0 Å². The van der Waals surface area contributed by atoms with Gasteiger partial charge >= 0.3 is 0 Å². The molecular formula is C24H35N7O2. The molecule has 0 bridgehead atoms. The number of nitrogens with zero attached hydrogens (tertiary/aromatic N) is 6. The lowest BCUT2D eigenvalue weighted by Gasteiger charge is -2.29. The maximum Gasteiger partial charge on any atom is 0.106 e. The molecule has 2 aliphatic rings. The number of hydrogen-bond acceptors (Lipinski definition) is 8. The third kappa shape index (κ3) is 5.84. The zero-order valence-electron chi connectivity index (χ0n) is 19.8. The Kier molecular flexibility index (Phi) is 8.71. The number of nitroso groups, excluding NO2 is 1. The van der Waals surface area contributed by atoms with Gasteiger partial charge in [0, 0.05) is 43.0 Å². The lowest BCUT2D eigenvalue weighted by molar-refractivity contribution is 0.240. The normalized spacial score (nSPS) is 24.2. The molecule has 1 fully saturated rings. The molecule has 1 aromatic heterocycles. The number of rotatable bonds is 9. The molecule has 0 saturated heterocycles. The number of aromatic nitrogens is 2. The molecule has 1 aromatic rings. The molecule has 0 radical (unpaired) electrons. The molecule has 178 valence electrons. The first-order chi connectivity index (χ1) is 16.0. The Morgan fingerprint density at radius 3 is 2.85 bits per heavy atom. The molecule has 1 aliphatic carbocycles. The summed E-state index contributed by atoms with van der Waals surface area (Å²) < 4.78 is 2.10. The van der Waals surface area contributed by atoms with E-state index < -0.39 is 6.04 Å².